The zero-order valence-electron chi connectivity index (χ0n) is 28.1. The molecule has 0 radical (unpaired) electrons. The molecular weight excluding hydrogens is 639 g/mol. The van der Waals surface area contributed by atoms with Gasteiger partial charge in [-0.3, -0.25) is 18.9 Å². The van der Waals surface area contributed by atoms with Gasteiger partial charge in [-0.15, -0.1) is 0 Å². The van der Waals surface area contributed by atoms with E-state index in [-0.39, 0.29) is 62.4 Å². The molecule has 47 heavy (non-hydrogen) atoms. The van der Waals surface area contributed by atoms with Crippen LogP contribution in [0.1, 0.15) is 81.3 Å². The van der Waals surface area contributed by atoms with E-state index in [9.17, 15) is 32.5 Å². The molecule has 1 aliphatic heterocycles. The number of amides is 2. The number of nitrogens with one attached hydrogen (secondary N) is 1. The van der Waals surface area contributed by atoms with Gasteiger partial charge in [-0.25, -0.2) is 13.6 Å². The molecule has 1 unspecified atom stereocenters. The molecule has 1 atom stereocenters. The maximum Gasteiger partial charge on any atom is 0.410 e. The molecule has 0 saturated heterocycles. The first kappa shape index (κ1) is 37.8. The minimum Gasteiger partial charge on any atom is -0.491 e. The Morgan fingerprint density at radius 3 is 2.32 bits per heavy atom. The van der Waals surface area contributed by atoms with Gasteiger partial charge in [0.25, 0.3) is 5.91 Å². The molecule has 0 saturated carbocycles. The normalized spacial score (nSPS) is 16.0. The minimum absolute atomic E-state index is 0.00510. The standard InChI is InChI=1S/C32H44F2N3O9P/c1-9-44-47(42,45-10-2)15-11-14-37(30(41)46-31(3,4)5)24-19-36-18-22(26(38)27(43-8)25(36)28(39)32(24,6)7)29(40)35-17-20-12-13-21(33)16-23(20)34/h12-13,16,18,24H,9-11,14-15,17,19H2,1-8H3,(H,35,40). The smallest absolute Gasteiger partial charge is 0.410 e. The van der Waals surface area contributed by atoms with E-state index in [4.69, 9.17) is 18.5 Å². The number of methoxy groups -OCH3 is 1. The van der Waals surface area contributed by atoms with Crippen molar-refractivity contribution in [2.45, 2.75) is 79.6 Å². The number of carbonyl (C=O) groups excluding carboxylic acids is 3. The van der Waals surface area contributed by atoms with E-state index >= 15 is 0 Å². The topological polar surface area (TPSA) is 142 Å². The third kappa shape index (κ3) is 8.85. The van der Waals surface area contributed by atoms with Crippen LogP contribution in [0.5, 0.6) is 5.75 Å². The Labute approximate surface area is 273 Å². The van der Waals surface area contributed by atoms with Crippen molar-refractivity contribution in [3.63, 3.8) is 0 Å². The van der Waals surface area contributed by atoms with E-state index in [0.717, 1.165) is 6.07 Å². The number of hydrogen-bond donors (Lipinski definition) is 1. The Bertz CT molecular complexity index is 1590. The average molecular weight is 684 g/mol. The Kier molecular flexibility index (Phi) is 12.1. The van der Waals surface area contributed by atoms with Crippen molar-refractivity contribution in [1.29, 1.82) is 0 Å². The Morgan fingerprint density at radius 2 is 1.77 bits per heavy atom. The van der Waals surface area contributed by atoms with Gasteiger partial charge in [0.1, 0.15) is 28.5 Å². The summed E-state index contributed by atoms with van der Waals surface area (Å²) < 4.78 is 63.9. The molecule has 1 aromatic heterocycles. The summed E-state index contributed by atoms with van der Waals surface area (Å²) in [5, 5.41) is 2.45. The molecule has 15 heteroatoms. The highest BCUT2D eigenvalue weighted by molar-refractivity contribution is 7.53. The van der Waals surface area contributed by atoms with Crippen molar-refractivity contribution in [2.24, 2.45) is 5.41 Å². The molecule has 12 nitrogen and oxygen atoms in total. The van der Waals surface area contributed by atoms with E-state index in [1.807, 2.05) is 0 Å². The lowest BCUT2D eigenvalue weighted by Crippen LogP contribution is -2.58. The summed E-state index contributed by atoms with van der Waals surface area (Å²) >= 11 is 0. The number of Topliss-reactive ketones (excluding diaryl/α,β-unsaturated/α-hetero) is 1. The van der Waals surface area contributed by atoms with Crippen LogP contribution in [0.25, 0.3) is 0 Å². The number of rotatable bonds is 13. The summed E-state index contributed by atoms with van der Waals surface area (Å²) in [6.07, 6.45) is 0.667. The molecule has 0 bridgehead atoms. The first-order valence-electron chi connectivity index (χ1n) is 15.3. The molecule has 2 heterocycles. The van der Waals surface area contributed by atoms with Crippen LogP contribution in [0, 0.1) is 17.0 Å². The molecule has 3 rings (SSSR count). The third-order valence-corrected chi connectivity index (χ3v) is 9.80. The second-order valence-corrected chi connectivity index (χ2v) is 14.8. The number of fused-ring (bicyclic) bond motifs is 1. The number of carbonyl (C=O) groups is 3. The molecule has 260 valence electrons. The van der Waals surface area contributed by atoms with Crippen LogP contribution >= 0.6 is 7.60 Å². The zero-order valence-corrected chi connectivity index (χ0v) is 29.0. The largest absolute Gasteiger partial charge is 0.491 e. The van der Waals surface area contributed by atoms with E-state index < -0.39 is 65.1 Å². The highest BCUT2D eigenvalue weighted by Gasteiger charge is 2.49. The molecule has 0 aliphatic carbocycles. The monoisotopic (exact) mass is 683 g/mol. The second-order valence-electron chi connectivity index (χ2n) is 12.6. The molecule has 1 N–H and O–H groups in total. The lowest BCUT2D eigenvalue weighted by atomic mass is 9.75. The van der Waals surface area contributed by atoms with Gasteiger partial charge in [-0.05, 0) is 47.1 Å². The summed E-state index contributed by atoms with van der Waals surface area (Å²) in [6.45, 7) is 11.7. The number of pyridine rings is 1. The number of halogens is 2. The number of aromatic nitrogens is 1. The Morgan fingerprint density at radius 1 is 1.13 bits per heavy atom. The van der Waals surface area contributed by atoms with Gasteiger partial charge >= 0.3 is 13.7 Å². The first-order valence-corrected chi connectivity index (χ1v) is 17.1. The van der Waals surface area contributed by atoms with Gasteiger partial charge in [-0.1, -0.05) is 19.9 Å². The predicted molar refractivity (Wildman–Crippen MR) is 170 cm³/mol. The van der Waals surface area contributed by atoms with Crippen LogP contribution in [0.15, 0.2) is 29.2 Å². The van der Waals surface area contributed by atoms with Gasteiger partial charge in [0, 0.05) is 37.5 Å². The number of benzene rings is 1. The van der Waals surface area contributed by atoms with Crippen molar-refractivity contribution in [3.8, 4) is 5.75 Å². The maximum absolute atomic E-state index is 14.2. The van der Waals surface area contributed by atoms with Crippen molar-refractivity contribution in [1.82, 2.24) is 14.8 Å². The number of hydrogen-bond acceptors (Lipinski definition) is 9. The minimum atomic E-state index is -3.44. The van der Waals surface area contributed by atoms with Crippen LogP contribution in [0.2, 0.25) is 0 Å². The quantitative estimate of drug-likeness (QED) is 0.269. The molecule has 0 fully saturated rings. The summed E-state index contributed by atoms with van der Waals surface area (Å²) in [7, 11) is -2.25. The van der Waals surface area contributed by atoms with Crippen LogP contribution in [0.4, 0.5) is 13.6 Å². The molecule has 2 amide bonds. The van der Waals surface area contributed by atoms with Crippen molar-refractivity contribution in [3.05, 3.63) is 63.1 Å². The Balaban J connectivity index is 2.02. The van der Waals surface area contributed by atoms with E-state index in [0.29, 0.717) is 6.07 Å². The fraction of sp³-hybridized carbons (Fsp3) is 0.562. The zero-order chi connectivity index (χ0) is 35.3. The predicted octanol–water partition coefficient (Wildman–Crippen LogP) is 5.55. The summed E-state index contributed by atoms with van der Waals surface area (Å²) in [4.78, 5) is 55.7. The molecule has 2 aromatic rings. The van der Waals surface area contributed by atoms with E-state index in [1.54, 1.807) is 48.5 Å². The summed E-state index contributed by atoms with van der Waals surface area (Å²) in [5.74, 6) is -3.42. The molecular formula is C32H44F2N3O9P. The number of ketones is 1. The van der Waals surface area contributed by atoms with Gasteiger partial charge < -0.3 is 33.3 Å². The van der Waals surface area contributed by atoms with Crippen LogP contribution < -0.4 is 15.5 Å². The van der Waals surface area contributed by atoms with Crippen LogP contribution in [-0.2, 0) is 31.4 Å². The highest BCUT2D eigenvalue weighted by Crippen LogP contribution is 2.48. The average Bonchev–Trinajstić information content (AvgIpc) is 2.96. The van der Waals surface area contributed by atoms with Gasteiger partial charge in [-0.2, -0.15) is 0 Å². The van der Waals surface area contributed by atoms with Crippen molar-refractivity contribution in [2.75, 3.05) is 33.0 Å². The van der Waals surface area contributed by atoms with Crippen LogP contribution in [-0.4, -0.2) is 71.9 Å². The number of nitrogens with zero attached hydrogens (tertiary/aromatic N) is 2. The van der Waals surface area contributed by atoms with Crippen LogP contribution in [0.3, 0.4) is 0 Å². The lowest BCUT2D eigenvalue weighted by Gasteiger charge is -2.45. The van der Waals surface area contributed by atoms with Gasteiger partial charge in [0.15, 0.2) is 11.5 Å². The summed E-state index contributed by atoms with van der Waals surface area (Å²) in [6, 6.07) is 2.03. The van der Waals surface area contributed by atoms with Crippen molar-refractivity contribution < 1.29 is 46.3 Å². The first-order chi connectivity index (χ1) is 21.9. The van der Waals surface area contributed by atoms with Gasteiger partial charge in [0.2, 0.25) is 5.43 Å². The molecule has 1 aromatic carbocycles. The van der Waals surface area contributed by atoms with Gasteiger partial charge in [0.05, 0.1) is 37.9 Å². The fourth-order valence-corrected chi connectivity index (χ4v) is 7.00. The molecule has 1 aliphatic rings. The third-order valence-electron chi connectivity index (χ3n) is 7.63. The molecule has 0 spiro atoms. The van der Waals surface area contributed by atoms with Crippen molar-refractivity contribution >= 4 is 25.4 Å². The number of ether oxygens (including phenoxy) is 2. The summed E-state index contributed by atoms with van der Waals surface area (Å²) in [5.41, 5.74) is -3.49. The fourth-order valence-electron chi connectivity index (χ4n) is 5.35. The highest BCUT2D eigenvalue weighted by atomic mass is 31.2. The lowest BCUT2D eigenvalue weighted by molar-refractivity contribution is -0.00433. The van der Waals surface area contributed by atoms with E-state index in [1.165, 1.54) is 28.8 Å². The maximum atomic E-state index is 14.2. The SMILES string of the molecule is CCOP(=O)(CCCN(C(=O)OC(C)(C)C)C1Cn2cc(C(=O)NCc3ccc(F)cc3F)c(=O)c(OC)c2C(=O)C1(C)C)OCC. The Hall–Kier alpha value is -3.61. The second kappa shape index (κ2) is 15.1. The van der Waals surface area contributed by atoms with E-state index in [2.05, 4.69) is 5.32 Å².